The van der Waals surface area contributed by atoms with Crippen molar-refractivity contribution < 1.29 is 4.74 Å². The Balaban J connectivity index is 1.22. The van der Waals surface area contributed by atoms with Gasteiger partial charge in [0.1, 0.15) is 11.5 Å². The number of hydrogen-bond acceptors (Lipinski definition) is 1. The SMILES string of the molecule is Cc1cc(C)c2c(c1)c1cc(C)cc(C)c1n2-c1cc2c3c4c(cc(C(C)(C)C)cc14)-c1cc(C(C)(C)C)cc4c1B3c1c(cc(-n3c5c(C)cc(C)cc5c5cc(C)cc(C)c53)c3cc(C(C)(C)C)cc-4c13)O2. The second kappa shape index (κ2) is 14.4. The Morgan fingerprint density at radius 1 is 0.324 bits per heavy atom. The summed E-state index contributed by atoms with van der Waals surface area (Å²) in [4.78, 5) is 0. The zero-order chi connectivity index (χ0) is 51.9. The lowest BCUT2D eigenvalue weighted by atomic mass is 9.30. The molecule has 0 N–H and O–H groups in total. The second-order valence-electron chi connectivity index (χ2n) is 26.4. The van der Waals surface area contributed by atoms with Crippen LogP contribution in [-0.4, -0.2) is 15.8 Å². The van der Waals surface area contributed by atoms with Crippen LogP contribution >= 0.6 is 0 Å². The van der Waals surface area contributed by atoms with Crippen molar-refractivity contribution in [2.45, 2.75) is 134 Å². The first-order valence-electron chi connectivity index (χ1n) is 27.1. The van der Waals surface area contributed by atoms with Gasteiger partial charge in [0, 0.05) is 44.5 Å². The van der Waals surface area contributed by atoms with Crippen LogP contribution in [0.4, 0.5) is 0 Å². The van der Waals surface area contributed by atoms with Crippen molar-refractivity contribution in [3.05, 3.63) is 158 Å². The molecule has 9 aromatic carbocycles. The second-order valence-corrected chi connectivity index (χ2v) is 26.4. The highest BCUT2D eigenvalue weighted by molar-refractivity contribution is 7.03. The molecular weight excluding hydrogens is 896 g/mol. The molecule has 11 aromatic rings. The molecule has 366 valence electrons. The van der Waals surface area contributed by atoms with Gasteiger partial charge in [0.2, 0.25) is 0 Å². The highest BCUT2D eigenvalue weighted by Crippen LogP contribution is 2.52. The molecule has 0 unspecified atom stereocenters. The summed E-state index contributed by atoms with van der Waals surface area (Å²) in [5.74, 6) is 1.91. The van der Waals surface area contributed by atoms with Crippen molar-refractivity contribution in [3.8, 4) is 45.1 Å². The fourth-order valence-corrected chi connectivity index (χ4v) is 14.4. The summed E-state index contributed by atoms with van der Waals surface area (Å²) in [6, 6.07) is 39.4. The summed E-state index contributed by atoms with van der Waals surface area (Å²) in [5, 5.41) is 10.4. The lowest BCUT2D eigenvalue weighted by molar-refractivity contribution is 0.488. The maximum atomic E-state index is 7.86. The molecule has 3 nitrogen and oxygen atoms in total. The number of benzene rings is 9. The fraction of sp³-hybridized carbons (Fsp3) is 0.286. The first-order valence-corrected chi connectivity index (χ1v) is 27.1. The molecule has 14 rings (SSSR count). The lowest BCUT2D eigenvalue weighted by Gasteiger charge is -2.41. The van der Waals surface area contributed by atoms with Crippen LogP contribution in [-0.2, 0) is 16.2 Å². The average molecular weight is 963 g/mol. The maximum Gasteiger partial charge on any atom is 0.254 e. The Hall–Kier alpha value is -7.04. The molecule has 0 atom stereocenters. The molecule has 0 amide bonds. The van der Waals surface area contributed by atoms with Crippen LogP contribution in [0.3, 0.4) is 0 Å². The van der Waals surface area contributed by atoms with E-state index in [1.54, 1.807) is 0 Å². The van der Waals surface area contributed by atoms with Gasteiger partial charge in [-0.15, -0.1) is 0 Å². The van der Waals surface area contributed by atoms with Crippen LogP contribution in [0.1, 0.15) is 124 Å². The van der Waals surface area contributed by atoms with Gasteiger partial charge in [0.25, 0.3) is 6.71 Å². The molecule has 4 heteroatoms. The van der Waals surface area contributed by atoms with E-state index in [2.05, 4.69) is 224 Å². The normalized spacial score (nSPS) is 13.8. The van der Waals surface area contributed by atoms with E-state index in [-0.39, 0.29) is 23.0 Å². The molecule has 0 saturated carbocycles. The van der Waals surface area contributed by atoms with E-state index in [1.165, 1.54) is 176 Å². The van der Waals surface area contributed by atoms with Crippen LogP contribution < -0.4 is 21.1 Å². The van der Waals surface area contributed by atoms with Gasteiger partial charge >= 0.3 is 0 Å². The molecule has 5 heterocycles. The topological polar surface area (TPSA) is 19.1 Å². The zero-order valence-electron chi connectivity index (χ0n) is 46.6. The Morgan fingerprint density at radius 2 is 0.622 bits per heavy atom. The van der Waals surface area contributed by atoms with E-state index in [1.807, 2.05) is 0 Å². The van der Waals surface area contributed by atoms with Crippen molar-refractivity contribution in [3.63, 3.8) is 0 Å². The number of nitrogens with zero attached hydrogens (tertiary/aromatic N) is 2. The molecule has 0 aliphatic carbocycles. The van der Waals surface area contributed by atoms with Crippen molar-refractivity contribution in [2.24, 2.45) is 0 Å². The van der Waals surface area contributed by atoms with E-state index in [0.29, 0.717) is 0 Å². The summed E-state index contributed by atoms with van der Waals surface area (Å²) >= 11 is 0. The molecule has 3 aliphatic rings. The number of aromatic nitrogens is 2. The van der Waals surface area contributed by atoms with Gasteiger partial charge in [-0.05, 0) is 191 Å². The Morgan fingerprint density at radius 3 is 0.932 bits per heavy atom. The molecule has 2 aromatic heterocycles. The smallest absolute Gasteiger partial charge is 0.254 e. The van der Waals surface area contributed by atoms with Crippen molar-refractivity contribution in [1.29, 1.82) is 0 Å². The van der Waals surface area contributed by atoms with Crippen LogP contribution in [0.15, 0.2) is 97.1 Å². The number of fused-ring (bicyclic) bond motifs is 8. The zero-order valence-corrected chi connectivity index (χ0v) is 46.6. The number of rotatable bonds is 2. The summed E-state index contributed by atoms with van der Waals surface area (Å²) in [7, 11) is 0. The third-order valence-corrected chi connectivity index (χ3v) is 17.6. The monoisotopic (exact) mass is 963 g/mol. The van der Waals surface area contributed by atoms with E-state index in [9.17, 15) is 0 Å². The minimum atomic E-state index is -0.113. The largest absolute Gasteiger partial charge is 0.458 e. The highest BCUT2D eigenvalue weighted by Gasteiger charge is 2.47. The average Bonchev–Trinajstić information content (AvgIpc) is 3.89. The van der Waals surface area contributed by atoms with E-state index in [0.717, 1.165) is 11.5 Å². The third kappa shape index (κ3) is 5.97. The number of aryl methyl sites for hydroxylation is 8. The molecule has 0 bridgehead atoms. The molecule has 0 spiro atoms. The van der Waals surface area contributed by atoms with Gasteiger partial charge in [-0.1, -0.05) is 139 Å². The Kier molecular flexibility index (Phi) is 8.88. The summed E-state index contributed by atoms with van der Waals surface area (Å²) in [5.41, 5.74) is 30.8. The van der Waals surface area contributed by atoms with E-state index < -0.39 is 0 Å². The Labute approximate surface area is 437 Å². The van der Waals surface area contributed by atoms with Gasteiger partial charge in [-0.25, -0.2) is 0 Å². The first kappa shape index (κ1) is 45.6. The van der Waals surface area contributed by atoms with Crippen LogP contribution in [0.5, 0.6) is 11.5 Å². The Bertz CT molecular complexity index is 4070. The van der Waals surface area contributed by atoms with Crippen LogP contribution in [0.2, 0.25) is 0 Å². The predicted molar refractivity (Wildman–Crippen MR) is 320 cm³/mol. The van der Waals surface area contributed by atoms with Gasteiger partial charge in [-0.3, -0.25) is 0 Å². The third-order valence-electron chi connectivity index (χ3n) is 17.6. The molecule has 0 radical (unpaired) electrons. The number of ether oxygens (including phenoxy) is 1. The minimum Gasteiger partial charge on any atom is -0.458 e. The quantitative estimate of drug-likeness (QED) is 0.158. The van der Waals surface area contributed by atoms with E-state index in [4.69, 9.17) is 4.74 Å². The molecule has 0 saturated heterocycles. The molecular formula is C70H67BN2O. The molecule has 0 fully saturated rings. The summed E-state index contributed by atoms with van der Waals surface area (Å²) in [6.07, 6.45) is 0. The van der Waals surface area contributed by atoms with Gasteiger partial charge < -0.3 is 13.9 Å². The highest BCUT2D eigenvalue weighted by atomic mass is 16.5. The lowest BCUT2D eigenvalue weighted by Crippen LogP contribution is -2.60. The van der Waals surface area contributed by atoms with Crippen LogP contribution in [0, 0.1) is 55.4 Å². The summed E-state index contributed by atoms with van der Waals surface area (Å²) < 4.78 is 13.1. The van der Waals surface area contributed by atoms with Crippen molar-refractivity contribution >= 4 is 88.3 Å². The number of hydrogen-bond donors (Lipinski definition) is 0. The van der Waals surface area contributed by atoms with E-state index >= 15 is 0 Å². The van der Waals surface area contributed by atoms with Crippen molar-refractivity contribution in [1.82, 2.24) is 9.13 Å². The fourth-order valence-electron chi connectivity index (χ4n) is 14.4. The first-order chi connectivity index (χ1) is 34.9. The van der Waals surface area contributed by atoms with Crippen molar-refractivity contribution in [2.75, 3.05) is 0 Å². The standard InChI is InChI=1S/C70H67BN2O/c1-34-18-38(5)64-49(22-34)50-23-35(2)19-39(6)65(50)72(64)55-32-57-62-59-45(26-42(30-53(55)59)68(9,10)11)47-28-44(70(15,16)17)29-48-46-27-43(69(12,13)14)31-54-56(33-58(74-57)63(60(46)54)71(62)61(47)48)73-66-40(7)20-36(3)24-51(66)52-25-37(4)21-41(8)67(52)73/h18-33H,1-17H3. The predicted octanol–water partition coefficient (Wildman–Crippen LogP) is 17.1. The van der Waals surface area contributed by atoms with Gasteiger partial charge in [0.05, 0.1) is 33.4 Å². The van der Waals surface area contributed by atoms with Crippen LogP contribution in [0.25, 0.3) is 98.8 Å². The summed E-state index contributed by atoms with van der Waals surface area (Å²) in [6.45, 7) is 39.6. The molecule has 74 heavy (non-hydrogen) atoms. The minimum absolute atomic E-state index is 0.0271. The molecule has 3 aliphatic heterocycles. The maximum absolute atomic E-state index is 7.86. The van der Waals surface area contributed by atoms with Gasteiger partial charge in [-0.2, -0.15) is 0 Å². The van der Waals surface area contributed by atoms with Gasteiger partial charge in [0.15, 0.2) is 0 Å².